The summed E-state index contributed by atoms with van der Waals surface area (Å²) >= 11 is 0. The second-order valence-electron chi connectivity index (χ2n) is 8.82. The second kappa shape index (κ2) is 8.00. The van der Waals surface area contributed by atoms with Gasteiger partial charge in [-0.15, -0.1) is 0 Å². The van der Waals surface area contributed by atoms with Crippen LogP contribution in [0.5, 0.6) is 0 Å². The molecule has 0 spiro atoms. The van der Waals surface area contributed by atoms with Crippen molar-refractivity contribution in [1.29, 1.82) is 0 Å². The molecule has 0 bridgehead atoms. The molecule has 5 rings (SSSR count). The fourth-order valence-electron chi connectivity index (χ4n) is 5.63. The highest BCUT2D eigenvalue weighted by Crippen LogP contribution is 2.44. The summed E-state index contributed by atoms with van der Waals surface area (Å²) in [6, 6.07) is 16.6. The van der Waals surface area contributed by atoms with Crippen LogP contribution in [-0.4, -0.2) is 65.3 Å². The predicted molar refractivity (Wildman–Crippen MR) is 117 cm³/mol. The number of hydrogen-bond acceptors (Lipinski definition) is 4. The summed E-state index contributed by atoms with van der Waals surface area (Å²) in [6.45, 7) is 2.48. The van der Waals surface area contributed by atoms with Gasteiger partial charge in [0.15, 0.2) is 0 Å². The topological polar surface area (TPSA) is 70.1 Å². The summed E-state index contributed by atoms with van der Waals surface area (Å²) in [4.78, 5) is 28.5. The van der Waals surface area contributed by atoms with E-state index in [1.807, 2.05) is 24.3 Å². The Morgan fingerprint density at radius 1 is 0.903 bits per heavy atom. The van der Waals surface area contributed by atoms with E-state index in [1.54, 1.807) is 4.90 Å². The molecule has 162 valence electrons. The van der Waals surface area contributed by atoms with Crippen LogP contribution in [0.4, 0.5) is 4.79 Å². The lowest BCUT2D eigenvalue weighted by molar-refractivity contribution is -0.152. The quantitative estimate of drug-likeness (QED) is 0.811. The van der Waals surface area contributed by atoms with E-state index >= 15 is 0 Å². The molecule has 3 aliphatic rings. The largest absolute Gasteiger partial charge is 0.480 e. The Hall–Kier alpha value is -2.86. The Morgan fingerprint density at radius 3 is 2.00 bits per heavy atom. The molecule has 1 amide bonds. The lowest BCUT2D eigenvalue weighted by atomic mass is 9.94. The van der Waals surface area contributed by atoms with Gasteiger partial charge in [-0.2, -0.15) is 0 Å². The van der Waals surface area contributed by atoms with Crippen LogP contribution in [0.1, 0.15) is 42.7 Å². The van der Waals surface area contributed by atoms with E-state index in [1.165, 1.54) is 22.3 Å². The summed E-state index contributed by atoms with van der Waals surface area (Å²) < 4.78 is 5.76. The minimum Gasteiger partial charge on any atom is -0.480 e. The number of carbonyl (C=O) groups excluding carboxylic acids is 1. The molecule has 1 saturated heterocycles. The van der Waals surface area contributed by atoms with Gasteiger partial charge in [0.25, 0.3) is 0 Å². The zero-order valence-corrected chi connectivity index (χ0v) is 17.6. The van der Waals surface area contributed by atoms with Crippen molar-refractivity contribution in [3.05, 3.63) is 59.7 Å². The number of ether oxygens (including phenoxy) is 1. The lowest BCUT2D eigenvalue weighted by Gasteiger charge is -2.43. The number of aliphatic carboxylic acids is 1. The number of hydrogen-bond donors (Lipinski definition) is 1. The maximum absolute atomic E-state index is 12.8. The van der Waals surface area contributed by atoms with Crippen molar-refractivity contribution in [3.8, 4) is 11.1 Å². The van der Waals surface area contributed by atoms with Gasteiger partial charge in [-0.25, -0.2) is 4.79 Å². The molecular weight excluding hydrogens is 392 g/mol. The van der Waals surface area contributed by atoms with Crippen molar-refractivity contribution in [2.45, 2.75) is 37.1 Å². The van der Waals surface area contributed by atoms with Crippen LogP contribution in [0.25, 0.3) is 11.1 Å². The molecule has 2 aromatic carbocycles. The molecule has 6 heteroatoms. The standard InChI is InChI=1S/C25H28N2O4/c28-23(29)25(11-5-6-12-25)27-15-13-26(14-16-27)24(30)31-17-22-20-9-3-1-7-18(20)19-8-2-4-10-21(19)22/h1-4,7-10,22H,5-6,11-17H2,(H,28,29). The van der Waals surface area contributed by atoms with E-state index in [9.17, 15) is 14.7 Å². The Labute approximate surface area is 182 Å². The minimum absolute atomic E-state index is 0.0476. The molecule has 1 aliphatic heterocycles. The van der Waals surface area contributed by atoms with Crippen LogP contribution in [0, 0.1) is 0 Å². The Morgan fingerprint density at radius 2 is 1.45 bits per heavy atom. The first-order valence-electron chi connectivity index (χ1n) is 11.2. The molecule has 0 atom stereocenters. The van der Waals surface area contributed by atoms with Gasteiger partial charge >= 0.3 is 12.1 Å². The average molecular weight is 421 g/mol. The number of carboxylic acid groups (broad SMARTS) is 1. The second-order valence-corrected chi connectivity index (χ2v) is 8.82. The molecule has 2 fully saturated rings. The third-order valence-electron chi connectivity index (χ3n) is 7.31. The van der Waals surface area contributed by atoms with Gasteiger partial charge in [0.1, 0.15) is 12.1 Å². The highest BCUT2D eigenvalue weighted by molar-refractivity contribution is 5.80. The molecule has 0 unspecified atom stereocenters. The van der Waals surface area contributed by atoms with Crippen molar-refractivity contribution in [1.82, 2.24) is 9.80 Å². The zero-order valence-electron chi connectivity index (χ0n) is 17.6. The summed E-state index contributed by atoms with van der Waals surface area (Å²) in [5.41, 5.74) is 4.08. The van der Waals surface area contributed by atoms with Crippen molar-refractivity contribution in [3.63, 3.8) is 0 Å². The van der Waals surface area contributed by atoms with Crippen LogP contribution in [0.15, 0.2) is 48.5 Å². The van der Waals surface area contributed by atoms with Gasteiger partial charge in [0.05, 0.1) is 0 Å². The van der Waals surface area contributed by atoms with Crippen molar-refractivity contribution >= 4 is 12.1 Å². The van der Waals surface area contributed by atoms with E-state index < -0.39 is 11.5 Å². The smallest absolute Gasteiger partial charge is 0.409 e. The summed E-state index contributed by atoms with van der Waals surface area (Å²) in [7, 11) is 0. The number of amides is 1. The number of benzene rings is 2. The molecule has 6 nitrogen and oxygen atoms in total. The van der Waals surface area contributed by atoms with Gasteiger partial charge in [0, 0.05) is 32.1 Å². The first-order chi connectivity index (χ1) is 15.1. The fraction of sp³-hybridized carbons (Fsp3) is 0.440. The molecule has 1 N–H and O–H groups in total. The zero-order chi connectivity index (χ0) is 21.4. The van der Waals surface area contributed by atoms with Gasteiger partial charge in [-0.05, 0) is 35.1 Å². The number of carbonyl (C=O) groups is 2. The summed E-state index contributed by atoms with van der Waals surface area (Å²) in [5.74, 6) is -0.675. The maximum atomic E-state index is 12.8. The monoisotopic (exact) mass is 420 g/mol. The van der Waals surface area contributed by atoms with E-state index in [0.29, 0.717) is 45.6 Å². The van der Waals surface area contributed by atoms with Crippen molar-refractivity contribution in [2.75, 3.05) is 32.8 Å². The van der Waals surface area contributed by atoms with E-state index in [-0.39, 0.29) is 12.0 Å². The Kier molecular flexibility index (Phi) is 5.18. The van der Waals surface area contributed by atoms with Crippen LogP contribution >= 0.6 is 0 Å². The molecular formula is C25H28N2O4. The average Bonchev–Trinajstić information content (AvgIpc) is 3.42. The Bertz CT molecular complexity index is 945. The predicted octanol–water partition coefficient (Wildman–Crippen LogP) is 3.95. The lowest BCUT2D eigenvalue weighted by Crippen LogP contribution is -2.60. The fourth-order valence-corrected chi connectivity index (χ4v) is 5.63. The number of carboxylic acids is 1. The van der Waals surface area contributed by atoms with Crippen LogP contribution in [-0.2, 0) is 9.53 Å². The summed E-state index contributed by atoms with van der Waals surface area (Å²) in [5, 5.41) is 9.81. The number of nitrogens with zero attached hydrogens (tertiary/aromatic N) is 2. The van der Waals surface area contributed by atoms with Crippen LogP contribution in [0.3, 0.4) is 0 Å². The third-order valence-corrected chi connectivity index (χ3v) is 7.31. The summed E-state index contributed by atoms with van der Waals surface area (Å²) in [6.07, 6.45) is 3.01. The SMILES string of the molecule is O=C(OCC1c2ccccc2-c2ccccc21)N1CCN(C2(C(=O)O)CCCC2)CC1. The molecule has 1 saturated carbocycles. The van der Waals surface area contributed by atoms with Gasteiger partial charge in [-0.3, -0.25) is 9.69 Å². The van der Waals surface area contributed by atoms with Crippen molar-refractivity contribution < 1.29 is 19.4 Å². The number of piperazine rings is 1. The van der Waals surface area contributed by atoms with Gasteiger partial charge in [-0.1, -0.05) is 61.4 Å². The first-order valence-corrected chi connectivity index (χ1v) is 11.2. The van der Waals surface area contributed by atoms with Gasteiger partial charge in [0.2, 0.25) is 0 Å². The van der Waals surface area contributed by atoms with E-state index in [0.717, 1.165) is 12.8 Å². The van der Waals surface area contributed by atoms with Crippen LogP contribution in [0.2, 0.25) is 0 Å². The van der Waals surface area contributed by atoms with Crippen LogP contribution < -0.4 is 0 Å². The van der Waals surface area contributed by atoms with E-state index in [4.69, 9.17) is 4.74 Å². The highest BCUT2D eigenvalue weighted by Gasteiger charge is 2.47. The van der Waals surface area contributed by atoms with Gasteiger partial charge < -0.3 is 14.7 Å². The first kappa shape index (κ1) is 20.1. The molecule has 31 heavy (non-hydrogen) atoms. The molecule has 2 aliphatic carbocycles. The van der Waals surface area contributed by atoms with Crippen molar-refractivity contribution in [2.24, 2.45) is 0 Å². The normalized spacial score (nSPS) is 20.3. The molecule has 2 aromatic rings. The Balaban J connectivity index is 1.22. The molecule has 0 radical (unpaired) electrons. The molecule has 0 aromatic heterocycles. The number of rotatable bonds is 4. The van der Waals surface area contributed by atoms with E-state index in [2.05, 4.69) is 29.2 Å². The third kappa shape index (κ3) is 3.39. The highest BCUT2D eigenvalue weighted by atomic mass is 16.6. The number of fused-ring (bicyclic) bond motifs is 3. The minimum atomic E-state index is -0.743. The molecule has 1 heterocycles. The maximum Gasteiger partial charge on any atom is 0.409 e.